The number of carbonyl (C=O) groups is 1. The molecule has 21 heavy (non-hydrogen) atoms. The summed E-state index contributed by atoms with van der Waals surface area (Å²) in [6, 6.07) is 8.94. The fraction of sp³-hybridized carbons (Fsp3) is 0.471. The summed E-state index contributed by atoms with van der Waals surface area (Å²) >= 11 is 0. The molecule has 0 aliphatic carbocycles. The lowest BCUT2D eigenvalue weighted by Gasteiger charge is -2.10. The van der Waals surface area contributed by atoms with Crippen molar-refractivity contribution in [2.45, 2.75) is 46.3 Å². The molecule has 1 heterocycles. The third-order valence-corrected chi connectivity index (χ3v) is 3.44. The fourth-order valence-corrected chi connectivity index (χ4v) is 2.27. The third kappa shape index (κ3) is 4.33. The van der Waals surface area contributed by atoms with E-state index in [1.807, 2.05) is 10.8 Å². The Balaban J connectivity index is 2.12. The van der Waals surface area contributed by atoms with Crippen LogP contribution < -0.4 is 10.6 Å². The lowest BCUT2D eigenvalue weighted by atomic mass is 10.1. The zero-order valence-corrected chi connectivity index (χ0v) is 13.1. The summed E-state index contributed by atoms with van der Waals surface area (Å²) in [4.78, 5) is 11.9. The van der Waals surface area contributed by atoms with E-state index in [-0.39, 0.29) is 5.91 Å². The number of benzene rings is 1. The molecule has 0 atom stereocenters. The number of hydrogen-bond donors (Lipinski definition) is 2. The van der Waals surface area contributed by atoms with Gasteiger partial charge in [0.1, 0.15) is 6.54 Å². The standard InChI is InChI=1S/C17H25N3O/c1-4-8-18-17(21)12-20-9-7-15-6-5-14(10-16(15)20)11-19-13(2)3/h5-7,9-10,13,19H,4,8,11-12H2,1-3H3,(H,18,21). The van der Waals surface area contributed by atoms with Crippen molar-refractivity contribution < 1.29 is 4.79 Å². The summed E-state index contributed by atoms with van der Waals surface area (Å²) in [5.41, 5.74) is 2.36. The second-order valence-corrected chi connectivity index (χ2v) is 5.72. The number of rotatable bonds is 7. The first-order chi connectivity index (χ1) is 10.1. The Morgan fingerprint density at radius 2 is 2.10 bits per heavy atom. The molecule has 0 fully saturated rings. The van der Waals surface area contributed by atoms with Crippen molar-refractivity contribution >= 4 is 16.8 Å². The molecule has 1 amide bonds. The van der Waals surface area contributed by atoms with Crippen molar-refractivity contribution in [1.82, 2.24) is 15.2 Å². The molecule has 114 valence electrons. The summed E-state index contributed by atoms with van der Waals surface area (Å²) in [6.07, 6.45) is 2.94. The molecule has 1 aromatic heterocycles. The van der Waals surface area contributed by atoms with Crippen molar-refractivity contribution in [3.05, 3.63) is 36.0 Å². The van der Waals surface area contributed by atoms with E-state index in [1.54, 1.807) is 0 Å². The number of amides is 1. The van der Waals surface area contributed by atoms with Crippen LogP contribution in [0.1, 0.15) is 32.8 Å². The Bertz CT molecular complexity index is 601. The summed E-state index contributed by atoms with van der Waals surface area (Å²) in [7, 11) is 0. The Morgan fingerprint density at radius 1 is 1.29 bits per heavy atom. The topological polar surface area (TPSA) is 46.1 Å². The van der Waals surface area contributed by atoms with Gasteiger partial charge in [0.2, 0.25) is 5.91 Å². The normalized spacial score (nSPS) is 11.2. The van der Waals surface area contributed by atoms with Crippen LogP contribution in [-0.4, -0.2) is 23.1 Å². The lowest BCUT2D eigenvalue weighted by Crippen LogP contribution is -2.27. The SMILES string of the molecule is CCCNC(=O)Cn1ccc2ccc(CNC(C)C)cc21. The summed E-state index contributed by atoms with van der Waals surface area (Å²) < 4.78 is 2.01. The maximum atomic E-state index is 11.9. The third-order valence-electron chi connectivity index (χ3n) is 3.44. The number of carbonyl (C=O) groups excluding carboxylic acids is 1. The highest BCUT2D eigenvalue weighted by Gasteiger charge is 2.06. The molecule has 4 nitrogen and oxygen atoms in total. The van der Waals surface area contributed by atoms with Crippen LogP contribution >= 0.6 is 0 Å². The highest BCUT2D eigenvalue weighted by molar-refractivity contribution is 5.83. The first-order valence-corrected chi connectivity index (χ1v) is 7.68. The monoisotopic (exact) mass is 287 g/mol. The van der Waals surface area contributed by atoms with Crippen LogP contribution in [0.2, 0.25) is 0 Å². The average Bonchev–Trinajstić information content (AvgIpc) is 2.85. The van der Waals surface area contributed by atoms with E-state index in [2.05, 4.69) is 55.7 Å². The van der Waals surface area contributed by atoms with Gasteiger partial charge in [-0.05, 0) is 29.5 Å². The van der Waals surface area contributed by atoms with Gasteiger partial charge in [0.15, 0.2) is 0 Å². The van der Waals surface area contributed by atoms with Crippen LogP contribution in [0.4, 0.5) is 0 Å². The van der Waals surface area contributed by atoms with Crippen LogP contribution in [0.5, 0.6) is 0 Å². The van der Waals surface area contributed by atoms with Crippen molar-refractivity contribution in [3.8, 4) is 0 Å². The number of nitrogens with one attached hydrogen (secondary N) is 2. The van der Waals surface area contributed by atoms with Crippen molar-refractivity contribution in [2.75, 3.05) is 6.54 Å². The zero-order valence-electron chi connectivity index (χ0n) is 13.1. The van der Waals surface area contributed by atoms with Crippen LogP contribution in [0.25, 0.3) is 10.9 Å². The van der Waals surface area contributed by atoms with Crippen LogP contribution in [-0.2, 0) is 17.9 Å². The van der Waals surface area contributed by atoms with Gasteiger partial charge >= 0.3 is 0 Å². The number of aromatic nitrogens is 1. The molecule has 0 aliphatic heterocycles. The van der Waals surface area contributed by atoms with Gasteiger partial charge in [-0.1, -0.05) is 32.9 Å². The molecule has 1 aromatic carbocycles. The molecular weight excluding hydrogens is 262 g/mol. The minimum atomic E-state index is 0.0695. The van der Waals surface area contributed by atoms with Crippen molar-refractivity contribution in [1.29, 1.82) is 0 Å². The van der Waals surface area contributed by atoms with E-state index in [0.717, 1.165) is 25.0 Å². The number of fused-ring (bicyclic) bond motifs is 1. The lowest BCUT2D eigenvalue weighted by molar-refractivity contribution is -0.121. The quantitative estimate of drug-likeness (QED) is 0.822. The number of hydrogen-bond acceptors (Lipinski definition) is 2. The van der Waals surface area contributed by atoms with Gasteiger partial charge < -0.3 is 15.2 Å². The highest BCUT2D eigenvalue weighted by atomic mass is 16.1. The van der Waals surface area contributed by atoms with Gasteiger partial charge in [0, 0.05) is 30.8 Å². The highest BCUT2D eigenvalue weighted by Crippen LogP contribution is 2.18. The minimum absolute atomic E-state index is 0.0695. The van der Waals surface area contributed by atoms with Crippen LogP contribution in [0.3, 0.4) is 0 Å². The maximum Gasteiger partial charge on any atom is 0.239 e. The van der Waals surface area contributed by atoms with Crippen LogP contribution in [0.15, 0.2) is 30.5 Å². The summed E-state index contributed by atoms with van der Waals surface area (Å²) in [5.74, 6) is 0.0695. The molecule has 2 aromatic rings. The second-order valence-electron chi connectivity index (χ2n) is 5.72. The van der Waals surface area contributed by atoms with E-state index in [9.17, 15) is 4.79 Å². The van der Waals surface area contributed by atoms with Gasteiger partial charge in [-0.3, -0.25) is 4.79 Å². The summed E-state index contributed by atoms with van der Waals surface area (Å²) in [5, 5.41) is 7.51. The van der Waals surface area contributed by atoms with Crippen LogP contribution in [0, 0.1) is 0 Å². The van der Waals surface area contributed by atoms with E-state index >= 15 is 0 Å². The molecule has 4 heteroatoms. The first kappa shape index (κ1) is 15.6. The second kappa shape index (κ2) is 7.27. The van der Waals surface area contributed by atoms with Crippen molar-refractivity contribution in [2.24, 2.45) is 0 Å². The van der Waals surface area contributed by atoms with Crippen molar-refractivity contribution in [3.63, 3.8) is 0 Å². The predicted octanol–water partition coefficient (Wildman–Crippen LogP) is 2.67. The maximum absolute atomic E-state index is 11.9. The minimum Gasteiger partial charge on any atom is -0.355 e. The number of nitrogens with zero attached hydrogens (tertiary/aromatic N) is 1. The molecule has 0 saturated heterocycles. The Labute approximate surface area is 126 Å². The molecule has 2 N–H and O–H groups in total. The van der Waals surface area contributed by atoms with Gasteiger partial charge in [-0.15, -0.1) is 0 Å². The Hall–Kier alpha value is -1.81. The smallest absolute Gasteiger partial charge is 0.239 e. The predicted molar refractivity (Wildman–Crippen MR) is 87.2 cm³/mol. The molecule has 0 unspecified atom stereocenters. The van der Waals surface area contributed by atoms with Gasteiger partial charge in [0.25, 0.3) is 0 Å². The van der Waals surface area contributed by atoms with E-state index < -0.39 is 0 Å². The molecule has 0 bridgehead atoms. The molecule has 0 spiro atoms. The van der Waals surface area contributed by atoms with E-state index in [1.165, 1.54) is 10.9 Å². The molecule has 0 aliphatic rings. The van der Waals surface area contributed by atoms with Gasteiger partial charge in [-0.25, -0.2) is 0 Å². The van der Waals surface area contributed by atoms with E-state index in [4.69, 9.17) is 0 Å². The molecular formula is C17H25N3O. The largest absolute Gasteiger partial charge is 0.355 e. The molecule has 0 saturated carbocycles. The fourth-order valence-electron chi connectivity index (χ4n) is 2.27. The average molecular weight is 287 g/mol. The zero-order chi connectivity index (χ0) is 15.2. The first-order valence-electron chi connectivity index (χ1n) is 7.68. The molecule has 2 rings (SSSR count). The van der Waals surface area contributed by atoms with Gasteiger partial charge in [0.05, 0.1) is 0 Å². The Morgan fingerprint density at radius 3 is 2.81 bits per heavy atom. The van der Waals surface area contributed by atoms with E-state index in [0.29, 0.717) is 12.6 Å². The molecule has 0 radical (unpaired) electrons. The van der Waals surface area contributed by atoms with Gasteiger partial charge in [-0.2, -0.15) is 0 Å². The summed E-state index contributed by atoms with van der Waals surface area (Å²) in [6.45, 7) is 8.30. The Kier molecular flexibility index (Phi) is 5.39.